The molecule has 1 amide bonds. The number of benzene rings is 2. The molecule has 3 heterocycles. The highest BCUT2D eigenvalue weighted by molar-refractivity contribution is 6.40. The molecule has 0 aliphatic carbocycles. The van der Waals surface area contributed by atoms with Gasteiger partial charge in [-0.25, -0.2) is 4.98 Å². The van der Waals surface area contributed by atoms with Gasteiger partial charge < -0.3 is 19.9 Å². The zero-order valence-electron chi connectivity index (χ0n) is 21.5. The number of fused-ring (bicyclic) bond motifs is 1. The Balaban J connectivity index is 1.33. The van der Waals surface area contributed by atoms with E-state index in [0.717, 1.165) is 38.0 Å². The maximum absolute atomic E-state index is 13.2. The number of nitrogens with one attached hydrogen (secondary N) is 1. The van der Waals surface area contributed by atoms with Crippen molar-refractivity contribution in [2.45, 2.75) is 25.3 Å². The predicted octanol–water partition coefficient (Wildman–Crippen LogP) is 5.78. The molecule has 10 heteroatoms. The van der Waals surface area contributed by atoms with Crippen molar-refractivity contribution in [3.8, 4) is 5.88 Å². The Labute approximate surface area is 232 Å². The molecule has 1 saturated heterocycles. The minimum absolute atomic E-state index is 0.0611. The van der Waals surface area contributed by atoms with Gasteiger partial charge in [0.2, 0.25) is 11.8 Å². The first-order valence-electron chi connectivity index (χ1n) is 12.5. The lowest BCUT2D eigenvalue weighted by atomic mass is 10.0. The smallest absolute Gasteiger partial charge is 0.268 e. The monoisotopic (exact) mass is 552 g/mol. The molecule has 8 nitrogen and oxygen atoms in total. The van der Waals surface area contributed by atoms with Crippen molar-refractivity contribution in [2.75, 3.05) is 49.0 Å². The van der Waals surface area contributed by atoms with Gasteiger partial charge in [0, 0.05) is 36.7 Å². The van der Waals surface area contributed by atoms with Gasteiger partial charge in [0.15, 0.2) is 6.73 Å². The molecular formula is C28H30Cl2N6O2. The molecule has 0 radical (unpaired) electrons. The van der Waals surface area contributed by atoms with E-state index in [0.29, 0.717) is 27.7 Å². The molecule has 1 fully saturated rings. The molecule has 2 aliphatic rings. The SMILES string of the molecule is C=CCc1cc(Nc2ncc3c(n2)OCN(c2c(Cl)cccc2Cl)C3=O)ccc1N1CCC(N(C)C)CC1. The van der Waals surface area contributed by atoms with Gasteiger partial charge in [-0.1, -0.05) is 35.3 Å². The fraction of sp³-hybridized carbons (Fsp3) is 0.321. The first kappa shape index (κ1) is 26.3. The largest absolute Gasteiger partial charge is 0.455 e. The van der Waals surface area contributed by atoms with E-state index in [1.807, 2.05) is 12.1 Å². The van der Waals surface area contributed by atoms with Gasteiger partial charge in [-0.15, -0.1) is 6.58 Å². The Morgan fingerprint density at radius 3 is 2.61 bits per heavy atom. The molecule has 2 aromatic carbocycles. The second kappa shape index (κ2) is 11.2. The minimum Gasteiger partial charge on any atom is -0.455 e. The third-order valence-electron chi connectivity index (χ3n) is 7.00. The van der Waals surface area contributed by atoms with E-state index in [9.17, 15) is 4.79 Å². The lowest BCUT2D eigenvalue weighted by Gasteiger charge is -2.37. The van der Waals surface area contributed by atoms with E-state index in [4.69, 9.17) is 27.9 Å². The maximum Gasteiger partial charge on any atom is 0.268 e. The zero-order valence-corrected chi connectivity index (χ0v) is 23.0. The molecule has 0 unspecified atom stereocenters. The van der Waals surface area contributed by atoms with Crippen LogP contribution in [0.3, 0.4) is 0 Å². The molecule has 1 N–H and O–H groups in total. The number of anilines is 4. The number of para-hydroxylation sites is 1. The summed E-state index contributed by atoms with van der Waals surface area (Å²) in [6.45, 7) is 5.93. The number of aromatic nitrogens is 2. The number of hydrogen-bond acceptors (Lipinski definition) is 7. The Hall–Kier alpha value is -3.33. The number of carbonyl (C=O) groups is 1. The van der Waals surface area contributed by atoms with Crippen molar-refractivity contribution in [3.63, 3.8) is 0 Å². The molecule has 38 heavy (non-hydrogen) atoms. The lowest BCUT2D eigenvalue weighted by molar-refractivity contribution is 0.0932. The van der Waals surface area contributed by atoms with E-state index >= 15 is 0 Å². The zero-order chi connectivity index (χ0) is 26.8. The molecule has 0 saturated carbocycles. The Kier molecular flexibility index (Phi) is 7.74. The Morgan fingerprint density at radius 1 is 1.18 bits per heavy atom. The summed E-state index contributed by atoms with van der Waals surface area (Å²) in [4.78, 5) is 28.1. The summed E-state index contributed by atoms with van der Waals surface area (Å²) < 4.78 is 5.81. The lowest BCUT2D eigenvalue weighted by Crippen LogP contribution is -2.42. The fourth-order valence-corrected chi connectivity index (χ4v) is 5.57. The van der Waals surface area contributed by atoms with Gasteiger partial charge in [-0.2, -0.15) is 4.98 Å². The number of amides is 1. The molecule has 0 atom stereocenters. The molecule has 2 aliphatic heterocycles. The van der Waals surface area contributed by atoms with E-state index in [-0.39, 0.29) is 24.1 Å². The quantitative estimate of drug-likeness (QED) is 0.372. The molecular weight excluding hydrogens is 523 g/mol. The van der Waals surface area contributed by atoms with Gasteiger partial charge in [-0.3, -0.25) is 9.69 Å². The van der Waals surface area contributed by atoms with Crippen LogP contribution in [-0.4, -0.2) is 60.7 Å². The van der Waals surface area contributed by atoms with Gasteiger partial charge in [0.1, 0.15) is 5.56 Å². The van der Waals surface area contributed by atoms with E-state index in [2.05, 4.69) is 57.9 Å². The van der Waals surface area contributed by atoms with Crippen LogP contribution in [0.25, 0.3) is 0 Å². The first-order chi connectivity index (χ1) is 18.4. The van der Waals surface area contributed by atoms with Crippen LogP contribution in [0.1, 0.15) is 28.8 Å². The van der Waals surface area contributed by atoms with Crippen molar-refractivity contribution in [1.82, 2.24) is 14.9 Å². The molecule has 3 aromatic rings. The topological polar surface area (TPSA) is 73.8 Å². The third-order valence-corrected chi connectivity index (χ3v) is 7.61. The molecule has 5 rings (SSSR count). The molecule has 0 bridgehead atoms. The highest BCUT2D eigenvalue weighted by Crippen LogP contribution is 2.37. The molecule has 0 spiro atoms. The first-order valence-corrected chi connectivity index (χ1v) is 13.3. The van der Waals surface area contributed by atoms with E-state index < -0.39 is 0 Å². The van der Waals surface area contributed by atoms with E-state index in [1.165, 1.54) is 22.3 Å². The van der Waals surface area contributed by atoms with E-state index in [1.54, 1.807) is 18.2 Å². The highest BCUT2D eigenvalue weighted by Gasteiger charge is 2.31. The number of halogens is 2. The van der Waals surface area contributed by atoms with Gasteiger partial charge in [0.25, 0.3) is 5.91 Å². The normalized spacial score (nSPS) is 15.9. The van der Waals surface area contributed by atoms with Crippen molar-refractivity contribution < 1.29 is 9.53 Å². The molecule has 198 valence electrons. The van der Waals surface area contributed by atoms with Crippen LogP contribution in [-0.2, 0) is 6.42 Å². The fourth-order valence-electron chi connectivity index (χ4n) is 4.97. The maximum atomic E-state index is 13.2. The summed E-state index contributed by atoms with van der Waals surface area (Å²) in [5.41, 5.74) is 3.90. The number of allylic oxidation sites excluding steroid dienone is 1. The number of nitrogens with zero attached hydrogens (tertiary/aromatic N) is 5. The highest BCUT2D eigenvalue weighted by atomic mass is 35.5. The number of hydrogen-bond donors (Lipinski definition) is 1. The second-order valence-electron chi connectivity index (χ2n) is 9.63. The van der Waals surface area contributed by atoms with Crippen LogP contribution in [0.5, 0.6) is 5.88 Å². The van der Waals surface area contributed by atoms with Crippen molar-refractivity contribution in [2.24, 2.45) is 0 Å². The third kappa shape index (κ3) is 5.29. The van der Waals surface area contributed by atoms with Crippen molar-refractivity contribution in [3.05, 3.63) is 76.4 Å². The van der Waals surface area contributed by atoms with Crippen molar-refractivity contribution >= 4 is 52.1 Å². The van der Waals surface area contributed by atoms with Crippen LogP contribution < -0.4 is 19.9 Å². The summed E-state index contributed by atoms with van der Waals surface area (Å²) in [7, 11) is 4.30. The predicted molar refractivity (Wildman–Crippen MR) is 153 cm³/mol. The summed E-state index contributed by atoms with van der Waals surface area (Å²) in [6, 6.07) is 12.0. The summed E-state index contributed by atoms with van der Waals surface area (Å²) in [5, 5.41) is 3.97. The number of rotatable bonds is 7. The number of carbonyl (C=O) groups excluding carboxylic acids is 1. The van der Waals surface area contributed by atoms with Crippen LogP contribution >= 0.6 is 23.2 Å². The van der Waals surface area contributed by atoms with Crippen LogP contribution in [0.15, 0.2) is 55.3 Å². The Morgan fingerprint density at radius 2 is 1.92 bits per heavy atom. The van der Waals surface area contributed by atoms with Gasteiger partial charge >= 0.3 is 0 Å². The number of piperidine rings is 1. The van der Waals surface area contributed by atoms with Crippen LogP contribution in [0, 0.1) is 0 Å². The van der Waals surface area contributed by atoms with Crippen LogP contribution in [0.4, 0.5) is 23.0 Å². The second-order valence-corrected chi connectivity index (χ2v) is 10.4. The summed E-state index contributed by atoms with van der Waals surface area (Å²) >= 11 is 12.6. The average molecular weight is 553 g/mol. The van der Waals surface area contributed by atoms with Gasteiger partial charge in [-0.05, 0) is 69.3 Å². The molecule has 1 aromatic heterocycles. The summed E-state index contributed by atoms with van der Waals surface area (Å²) in [5.74, 6) is 0.215. The summed E-state index contributed by atoms with van der Waals surface area (Å²) in [6.07, 6.45) is 6.41. The van der Waals surface area contributed by atoms with Gasteiger partial charge in [0.05, 0.1) is 15.7 Å². The minimum atomic E-state index is -0.330. The number of ether oxygens (including phenoxy) is 1. The standard InChI is InChI=1S/C28H30Cl2N6O2/c1-4-6-18-15-19(9-10-24(18)35-13-11-20(12-14-35)34(2)3)32-28-31-16-21-26(33-28)38-17-36(27(21)37)25-22(29)7-5-8-23(25)30/h4-5,7-10,15-16,20H,1,6,11-14,17H2,2-3H3,(H,31,32,33). The average Bonchev–Trinajstić information content (AvgIpc) is 2.90. The van der Waals surface area contributed by atoms with Crippen LogP contribution in [0.2, 0.25) is 10.0 Å². The Bertz CT molecular complexity index is 1340. The van der Waals surface area contributed by atoms with Crippen molar-refractivity contribution in [1.29, 1.82) is 0 Å².